The molecule has 0 aliphatic heterocycles. The number of sulfone groups is 1. The number of rotatable bonds is 7. The van der Waals surface area contributed by atoms with Gasteiger partial charge in [-0.1, -0.05) is 11.6 Å². The largest absolute Gasteiger partial charge is 0.383 e. The normalized spacial score (nSPS) is 12.9. The second kappa shape index (κ2) is 7.61. The summed E-state index contributed by atoms with van der Waals surface area (Å²) in [4.78, 5) is 11.8. The topological polar surface area (TPSA) is 72.5 Å². The quantitative estimate of drug-likeness (QED) is 0.829. The van der Waals surface area contributed by atoms with Crippen LogP contribution in [0.25, 0.3) is 0 Å². The molecule has 1 unspecified atom stereocenters. The minimum absolute atomic E-state index is 0.0843. The SMILES string of the molecule is COCC(C)NC(=O)CCS(=O)(=O)c1ccc(Cl)cc1. The van der Waals surface area contributed by atoms with Crippen molar-refractivity contribution in [1.29, 1.82) is 0 Å². The van der Waals surface area contributed by atoms with E-state index in [0.29, 0.717) is 11.6 Å². The smallest absolute Gasteiger partial charge is 0.221 e. The number of methoxy groups -OCH3 is 1. The number of carbonyl (C=O) groups is 1. The maximum Gasteiger partial charge on any atom is 0.221 e. The number of hydrogen-bond donors (Lipinski definition) is 1. The lowest BCUT2D eigenvalue weighted by molar-refractivity contribution is -0.121. The van der Waals surface area contributed by atoms with Gasteiger partial charge in [0.1, 0.15) is 0 Å². The van der Waals surface area contributed by atoms with Crippen LogP contribution in [-0.2, 0) is 19.4 Å². The van der Waals surface area contributed by atoms with Crippen LogP contribution in [0, 0.1) is 0 Å². The summed E-state index contributed by atoms with van der Waals surface area (Å²) in [5, 5.41) is 3.13. The molecule has 1 rings (SSSR count). The van der Waals surface area contributed by atoms with Gasteiger partial charge in [-0.3, -0.25) is 4.79 Å². The summed E-state index contributed by atoms with van der Waals surface area (Å²) in [5.41, 5.74) is 0. The van der Waals surface area contributed by atoms with Crippen LogP contribution >= 0.6 is 11.6 Å². The van der Waals surface area contributed by atoms with E-state index in [4.69, 9.17) is 16.3 Å². The Morgan fingerprint density at radius 1 is 1.35 bits per heavy atom. The fraction of sp³-hybridized carbons (Fsp3) is 0.462. The summed E-state index contributed by atoms with van der Waals surface area (Å²) in [5.74, 6) is -0.549. The molecule has 0 aliphatic carbocycles. The number of amides is 1. The first-order valence-electron chi connectivity index (χ1n) is 6.12. The monoisotopic (exact) mass is 319 g/mol. The van der Waals surface area contributed by atoms with Crippen molar-refractivity contribution in [2.45, 2.75) is 24.3 Å². The van der Waals surface area contributed by atoms with Crippen LogP contribution in [0.3, 0.4) is 0 Å². The molecule has 7 heteroatoms. The Bertz CT molecular complexity index is 542. The average Bonchev–Trinajstić information content (AvgIpc) is 2.37. The molecule has 0 bridgehead atoms. The first-order chi connectivity index (χ1) is 9.35. The molecule has 20 heavy (non-hydrogen) atoms. The van der Waals surface area contributed by atoms with Gasteiger partial charge in [0.2, 0.25) is 5.91 Å². The number of benzene rings is 1. The van der Waals surface area contributed by atoms with Gasteiger partial charge in [-0.25, -0.2) is 8.42 Å². The molecule has 1 atom stereocenters. The summed E-state index contributed by atoms with van der Waals surface area (Å²) in [6.45, 7) is 2.17. The summed E-state index contributed by atoms with van der Waals surface area (Å²) in [7, 11) is -1.94. The van der Waals surface area contributed by atoms with E-state index < -0.39 is 9.84 Å². The third-order valence-electron chi connectivity index (χ3n) is 2.59. The van der Waals surface area contributed by atoms with E-state index in [9.17, 15) is 13.2 Å². The van der Waals surface area contributed by atoms with Crippen LogP contribution in [0.2, 0.25) is 5.02 Å². The number of carbonyl (C=O) groups excluding carboxylic acids is 1. The van der Waals surface area contributed by atoms with Gasteiger partial charge in [0, 0.05) is 24.6 Å². The van der Waals surface area contributed by atoms with E-state index in [1.165, 1.54) is 31.4 Å². The molecule has 0 saturated heterocycles. The van der Waals surface area contributed by atoms with E-state index in [1.54, 1.807) is 6.92 Å². The summed E-state index contributed by atoms with van der Waals surface area (Å²) < 4.78 is 28.9. The molecule has 0 fully saturated rings. The average molecular weight is 320 g/mol. The van der Waals surface area contributed by atoms with E-state index >= 15 is 0 Å². The van der Waals surface area contributed by atoms with Gasteiger partial charge in [-0.15, -0.1) is 0 Å². The predicted molar refractivity (Wildman–Crippen MR) is 77.6 cm³/mol. The Balaban J connectivity index is 2.55. The van der Waals surface area contributed by atoms with Gasteiger partial charge in [0.05, 0.1) is 17.3 Å². The summed E-state index contributed by atoms with van der Waals surface area (Å²) in [6.07, 6.45) is -0.0843. The Hall–Kier alpha value is -1.11. The maximum absolute atomic E-state index is 12.0. The first kappa shape index (κ1) is 16.9. The van der Waals surface area contributed by atoms with Crippen molar-refractivity contribution in [1.82, 2.24) is 5.32 Å². The third kappa shape index (κ3) is 5.48. The molecular weight excluding hydrogens is 302 g/mol. The highest BCUT2D eigenvalue weighted by Gasteiger charge is 2.17. The maximum atomic E-state index is 12.0. The van der Waals surface area contributed by atoms with Crippen molar-refractivity contribution < 1.29 is 17.9 Å². The molecule has 1 aromatic carbocycles. The lowest BCUT2D eigenvalue weighted by Crippen LogP contribution is -2.36. The zero-order chi connectivity index (χ0) is 15.2. The molecule has 112 valence electrons. The van der Waals surface area contributed by atoms with Crippen molar-refractivity contribution in [2.75, 3.05) is 19.5 Å². The zero-order valence-corrected chi connectivity index (χ0v) is 13.0. The van der Waals surface area contributed by atoms with Crippen molar-refractivity contribution in [3.05, 3.63) is 29.3 Å². The van der Waals surface area contributed by atoms with Crippen molar-refractivity contribution in [2.24, 2.45) is 0 Å². The van der Waals surface area contributed by atoms with Gasteiger partial charge < -0.3 is 10.1 Å². The molecule has 0 spiro atoms. The third-order valence-corrected chi connectivity index (χ3v) is 4.58. The van der Waals surface area contributed by atoms with Crippen LogP contribution < -0.4 is 5.32 Å². The Morgan fingerprint density at radius 2 is 1.95 bits per heavy atom. The van der Waals surface area contributed by atoms with Crippen LogP contribution in [0.5, 0.6) is 0 Å². The Morgan fingerprint density at radius 3 is 2.50 bits per heavy atom. The zero-order valence-electron chi connectivity index (χ0n) is 11.4. The molecular formula is C13H18ClNO4S. The molecule has 0 aromatic heterocycles. The summed E-state index contributed by atoms with van der Waals surface area (Å²) in [6, 6.07) is 5.74. The van der Waals surface area contributed by atoms with Crippen LogP contribution in [0.4, 0.5) is 0 Å². The van der Waals surface area contributed by atoms with Gasteiger partial charge in [-0.05, 0) is 31.2 Å². The fourth-order valence-electron chi connectivity index (χ4n) is 1.63. The fourth-order valence-corrected chi connectivity index (χ4v) is 2.99. The lowest BCUT2D eigenvalue weighted by atomic mass is 10.3. The standard InChI is InChI=1S/C13H18ClNO4S/c1-10(9-19-2)15-13(16)7-8-20(17,18)12-5-3-11(14)4-6-12/h3-6,10H,7-9H2,1-2H3,(H,15,16). The van der Waals surface area contributed by atoms with E-state index in [0.717, 1.165) is 0 Å². The van der Waals surface area contributed by atoms with Gasteiger partial charge >= 0.3 is 0 Å². The summed E-state index contributed by atoms with van der Waals surface area (Å²) >= 11 is 5.71. The van der Waals surface area contributed by atoms with Crippen molar-refractivity contribution in [3.8, 4) is 0 Å². The minimum Gasteiger partial charge on any atom is -0.383 e. The molecule has 1 amide bonds. The molecule has 0 aliphatic rings. The van der Waals surface area contributed by atoms with E-state index in [-0.39, 0.29) is 29.0 Å². The first-order valence-corrected chi connectivity index (χ1v) is 8.15. The minimum atomic E-state index is -3.47. The predicted octanol–water partition coefficient (Wildman–Crippen LogP) is 1.65. The van der Waals surface area contributed by atoms with Crippen molar-refractivity contribution in [3.63, 3.8) is 0 Å². The van der Waals surface area contributed by atoms with Crippen LogP contribution in [0.15, 0.2) is 29.2 Å². The molecule has 1 aromatic rings. The lowest BCUT2D eigenvalue weighted by Gasteiger charge is -2.12. The number of hydrogen-bond acceptors (Lipinski definition) is 4. The highest BCUT2D eigenvalue weighted by Crippen LogP contribution is 2.15. The van der Waals surface area contributed by atoms with E-state index in [1.807, 2.05) is 0 Å². The highest BCUT2D eigenvalue weighted by molar-refractivity contribution is 7.91. The molecule has 0 heterocycles. The Kier molecular flexibility index (Phi) is 6.45. The highest BCUT2D eigenvalue weighted by atomic mass is 35.5. The second-order valence-electron chi connectivity index (χ2n) is 4.45. The van der Waals surface area contributed by atoms with Gasteiger partial charge in [0.15, 0.2) is 9.84 Å². The Labute approximate surface area is 124 Å². The van der Waals surface area contributed by atoms with Gasteiger partial charge in [0.25, 0.3) is 0 Å². The molecule has 0 saturated carbocycles. The number of halogens is 1. The molecule has 5 nitrogen and oxygen atoms in total. The second-order valence-corrected chi connectivity index (χ2v) is 6.99. The molecule has 1 N–H and O–H groups in total. The van der Waals surface area contributed by atoms with E-state index in [2.05, 4.69) is 5.32 Å². The number of ether oxygens (including phenoxy) is 1. The van der Waals surface area contributed by atoms with Crippen LogP contribution in [-0.4, -0.2) is 39.8 Å². The van der Waals surface area contributed by atoms with Crippen LogP contribution in [0.1, 0.15) is 13.3 Å². The number of nitrogens with one attached hydrogen (secondary N) is 1. The molecule has 0 radical (unpaired) electrons. The van der Waals surface area contributed by atoms with Crippen molar-refractivity contribution >= 4 is 27.3 Å². The van der Waals surface area contributed by atoms with Gasteiger partial charge in [-0.2, -0.15) is 0 Å².